The summed E-state index contributed by atoms with van der Waals surface area (Å²) in [5.41, 5.74) is 0.0656. The monoisotopic (exact) mass is 348 g/mol. The van der Waals surface area contributed by atoms with Crippen LogP contribution in [0.4, 0.5) is 13.2 Å². The Hall–Kier alpha value is -2.89. The van der Waals surface area contributed by atoms with Crippen LogP contribution in [0.5, 0.6) is 0 Å². The van der Waals surface area contributed by atoms with Crippen LogP contribution in [0.3, 0.4) is 0 Å². The molecule has 0 spiro atoms. The first-order valence-electron chi connectivity index (χ1n) is 7.42. The van der Waals surface area contributed by atoms with Crippen LogP contribution in [0, 0.1) is 0 Å². The highest BCUT2D eigenvalue weighted by Gasteiger charge is 2.29. The van der Waals surface area contributed by atoms with Gasteiger partial charge in [-0.3, -0.25) is 4.79 Å². The van der Waals surface area contributed by atoms with E-state index in [-0.39, 0.29) is 5.78 Å². The maximum Gasteiger partial charge on any atom is 0.416 e. The molecule has 0 heterocycles. The van der Waals surface area contributed by atoms with Crippen LogP contribution in [0.2, 0.25) is 0 Å². The fourth-order valence-corrected chi connectivity index (χ4v) is 2.05. The zero-order valence-corrected chi connectivity index (χ0v) is 13.3. The number of halogens is 3. The van der Waals surface area contributed by atoms with Crippen molar-refractivity contribution in [2.45, 2.75) is 19.2 Å². The Labute approximate surface area is 142 Å². The summed E-state index contributed by atoms with van der Waals surface area (Å²) in [5.74, 6) is -1.09. The van der Waals surface area contributed by atoms with Crippen molar-refractivity contribution in [3.05, 3.63) is 77.4 Å². The third-order valence-corrected chi connectivity index (χ3v) is 3.37. The Morgan fingerprint density at radius 2 is 1.60 bits per heavy atom. The molecule has 0 aliphatic rings. The van der Waals surface area contributed by atoms with E-state index in [1.54, 1.807) is 30.3 Å². The maximum atomic E-state index is 12.5. The normalized spacial score (nSPS) is 12.8. The number of ketones is 1. The van der Waals surface area contributed by atoms with Crippen molar-refractivity contribution >= 4 is 17.8 Å². The van der Waals surface area contributed by atoms with Gasteiger partial charge in [-0.05, 0) is 30.7 Å². The van der Waals surface area contributed by atoms with Gasteiger partial charge in [0.1, 0.15) is 0 Å². The molecule has 2 aromatic carbocycles. The van der Waals surface area contributed by atoms with E-state index < -0.39 is 23.8 Å². The fraction of sp³-hybridized carbons (Fsp3) is 0.158. The van der Waals surface area contributed by atoms with Crippen molar-refractivity contribution in [1.29, 1.82) is 0 Å². The van der Waals surface area contributed by atoms with Crippen molar-refractivity contribution in [2.75, 3.05) is 0 Å². The zero-order valence-electron chi connectivity index (χ0n) is 13.3. The largest absolute Gasteiger partial charge is 0.451 e. The van der Waals surface area contributed by atoms with Gasteiger partial charge in [-0.25, -0.2) is 4.79 Å². The lowest BCUT2D eigenvalue weighted by Gasteiger charge is -2.10. The van der Waals surface area contributed by atoms with Crippen molar-refractivity contribution in [2.24, 2.45) is 0 Å². The molecular formula is C19H15F3O3. The van der Waals surface area contributed by atoms with Crippen LogP contribution < -0.4 is 0 Å². The minimum Gasteiger partial charge on any atom is -0.451 e. The quantitative estimate of drug-likeness (QED) is 0.453. The molecule has 0 saturated carbocycles. The van der Waals surface area contributed by atoms with Crippen molar-refractivity contribution in [3.8, 4) is 0 Å². The van der Waals surface area contributed by atoms with E-state index in [0.29, 0.717) is 11.1 Å². The average molecular weight is 348 g/mol. The average Bonchev–Trinajstić information content (AvgIpc) is 2.59. The van der Waals surface area contributed by atoms with Crippen LogP contribution in [-0.2, 0) is 15.7 Å². The van der Waals surface area contributed by atoms with Crippen LogP contribution in [0.25, 0.3) is 6.08 Å². The van der Waals surface area contributed by atoms with Gasteiger partial charge in [0.25, 0.3) is 0 Å². The zero-order chi connectivity index (χ0) is 18.4. The highest BCUT2D eigenvalue weighted by atomic mass is 19.4. The summed E-state index contributed by atoms with van der Waals surface area (Å²) in [4.78, 5) is 23.8. The van der Waals surface area contributed by atoms with E-state index in [0.717, 1.165) is 18.2 Å². The third kappa shape index (κ3) is 5.31. The molecule has 3 nitrogen and oxygen atoms in total. The van der Waals surface area contributed by atoms with Crippen LogP contribution in [-0.4, -0.2) is 17.9 Å². The number of carbonyl (C=O) groups is 2. The molecule has 0 N–H and O–H groups in total. The molecular weight excluding hydrogens is 333 g/mol. The van der Waals surface area contributed by atoms with E-state index in [1.807, 2.05) is 0 Å². The molecule has 2 aromatic rings. The van der Waals surface area contributed by atoms with E-state index in [9.17, 15) is 22.8 Å². The topological polar surface area (TPSA) is 43.4 Å². The number of hydrogen-bond acceptors (Lipinski definition) is 3. The molecule has 0 amide bonds. The van der Waals surface area contributed by atoms with Gasteiger partial charge >= 0.3 is 12.1 Å². The van der Waals surface area contributed by atoms with Gasteiger partial charge in [0.15, 0.2) is 6.10 Å². The summed E-state index contributed by atoms with van der Waals surface area (Å²) in [6.07, 6.45) is -2.99. The molecule has 0 saturated heterocycles. The van der Waals surface area contributed by atoms with E-state index >= 15 is 0 Å². The Bertz CT molecular complexity index is 763. The van der Waals surface area contributed by atoms with Crippen molar-refractivity contribution in [3.63, 3.8) is 0 Å². The number of hydrogen-bond donors (Lipinski definition) is 0. The minimum absolute atomic E-state index is 0.336. The summed E-state index contributed by atoms with van der Waals surface area (Å²) in [7, 11) is 0. The van der Waals surface area contributed by atoms with E-state index in [4.69, 9.17) is 4.74 Å². The first-order valence-corrected chi connectivity index (χ1v) is 7.42. The van der Waals surface area contributed by atoms with Crippen LogP contribution >= 0.6 is 0 Å². The molecule has 25 heavy (non-hydrogen) atoms. The number of Topliss-reactive ketones (excluding diaryl/α,β-unsaturated/α-hetero) is 1. The molecule has 0 bridgehead atoms. The summed E-state index contributed by atoms with van der Waals surface area (Å²) >= 11 is 0. The number of rotatable bonds is 5. The lowest BCUT2D eigenvalue weighted by molar-refractivity contribution is -0.140. The lowest BCUT2D eigenvalue weighted by atomic mass is 10.1. The highest BCUT2D eigenvalue weighted by Crippen LogP contribution is 2.29. The molecule has 0 aromatic heterocycles. The number of alkyl halides is 3. The summed E-state index contributed by atoms with van der Waals surface area (Å²) in [6, 6.07) is 12.7. The molecule has 0 aliphatic heterocycles. The second-order valence-electron chi connectivity index (χ2n) is 5.26. The minimum atomic E-state index is -4.41. The van der Waals surface area contributed by atoms with Crippen LogP contribution in [0.1, 0.15) is 28.4 Å². The second-order valence-corrected chi connectivity index (χ2v) is 5.26. The first-order chi connectivity index (χ1) is 11.8. The Balaban J connectivity index is 1.95. The van der Waals surface area contributed by atoms with Gasteiger partial charge in [-0.15, -0.1) is 0 Å². The summed E-state index contributed by atoms with van der Waals surface area (Å²) in [5, 5.41) is 0. The molecule has 0 fully saturated rings. The lowest BCUT2D eigenvalue weighted by Crippen LogP contribution is -2.23. The summed E-state index contributed by atoms with van der Waals surface area (Å²) < 4.78 is 42.4. The van der Waals surface area contributed by atoms with Crippen LogP contribution in [0.15, 0.2) is 60.7 Å². The van der Waals surface area contributed by atoms with Crippen molar-refractivity contribution in [1.82, 2.24) is 0 Å². The smallest absolute Gasteiger partial charge is 0.416 e. The molecule has 1 atom stereocenters. The Kier molecular flexibility index (Phi) is 5.75. The molecule has 6 heteroatoms. The standard InChI is InChI=1S/C19H15F3O3/c1-13(18(24)15-5-3-2-4-6-15)25-17(23)12-9-14-7-10-16(11-8-14)19(20,21)22/h2-13H,1H3/b12-9+. The van der Waals surface area contributed by atoms with Gasteiger partial charge in [0.05, 0.1) is 5.56 Å². The van der Waals surface area contributed by atoms with E-state index in [2.05, 4.69) is 0 Å². The molecule has 2 rings (SSSR count). The first kappa shape index (κ1) is 18.4. The van der Waals surface area contributed by atoms with E-state index in [1.165, 1.54) is 25.1 Å². The maximum absolute atomic E-state index is 12.5. The number of ether oxygens (including phenoxy) is 1. The molecule has 1 unspecified atom stereocenters. The number of carbonyl (C=O) groups excluding carboxylic acids is 2. The molecule has 0 aliphatic carbocycles. The predicted molar refractivity (Wildman–Crippen MR) is 86.8 cm³/mol. The summed E-state index contributed by atoms with van der Waals surface area (Å²) in [6.45, 7) is 1.46. The van der Waals surface area contributed by atoms with Gasteiger partial charge in [0, 0.05) is 11.6 Å². The van der Waals surface area contributed by atoms with Crippen molar-refractivity contribution < 1.29 is 27.5 Å². The highest BCUT2D eigenvalue weighted by molar-refractivity contribution is 6.00. The van der Waals surface area contributed by atoms with Gasteiger partial charge in [0.2, 0.25) is 5.78 Å². The van der Waals surface area contributed by atoms with Gasteiger partial charge in [-0.1, -0.05) is 42.5 Å². The second kappa shape index (κ2) is 7.79. The Morgan fingerprint density at radius 1 is 1.00 bits per heavy atom. The van der Waals surface area contributed by atoms with Gasteiger partial charge in [-0.2, -0.15) is 13.2 Å². The number of esters is 1. The fourth-order valence-electron chi connectivity index (χ4n) is 2.05. The Morgan fingerprint density at radius 3 is 2.16 bits per heavy atom. The number of benzene rings is 2. The molecule has 0 radical (unpaired) electrons. The third-order valence-electron chi connectivity index (χ3n) is 3.37. The molecule has 130 valence electrons. The predicted octanol–water partition coefficient (Wildman–Crippen LogP) is 4.53. The SMILES string of the molecule is CC(OC(=O)/C=C/c1ccc(C(F)(F)F)cc1)C(=O)c1ccccc1. The van der Waals surface area contributed by atoms with Gasteiger partial charge < -0.3 is 4.74 Å².